The predicted molar refractivity (Wildman–Crippen MR) is 106 cm³/mol. The Morgan fingerprint density at radius 1 is 1.06 bits per heavy atom. The van der Waals surface area contributed by atoms with Gasteiger partial charge in [0, 0.05) is 12.8 Å². The van der Waals surface area contributed by atoms with Crippen LogP contribution in [0.5, 0.6) is 0 Å². The van der Waals surface area contributed by atoms with Crippen LogP contribution in [0.2, 0.25) is 0 Å². The van der Waals surface area contributed by atoms with Gasteiger partial charge < -0.3 is 5.11 Å². The minimum atomic E-state index is -3.89. The number of nitrogens with one attached hydrogen (secondary N) is 1. The number of amides is 4. The average Bonchev–Trinajstić information content (AvgIpc) is 2.95. The number of hydrogen-bond acceptors (Lipinski definition) is 7. The van der Waals surface area contributed by atoms with Crippen molar-refractivity contribution >= 4 is 39.4 Å². The number of fused-ring (bicyclic) bond motifs is 1. The SMILES string of the molecule is O=C(O)CCCCCCS(=O)(=O)c1cccc2c1C(=O)N(C1CCC(=O)NC1=O)C2=O. The molecule has 10 nitrogen and oxygen atoms in total. The fourth-order valence-electron chi connectivity index (χ4n) is 3.77. The Hall–Kier alpha value is -3.08. The number of imide groups is 2. The molecule has 2 heterocycles. The third-order valence-electron chi connectivity index (χ3n) is 5.32. The van der Waals surface area contributed by atoms with Crippen molar-refractivity contribution in [3.63, 3.8) is 0 Å². The summed E-state index contributed by atoms with van der Waals surface area (Å²) in [6.45, 7) is 0. The molecule has 31 heavy (non-hydrogen) atoms. The summed E-state index contributed by atoms with van der Waals surface area (Å²) in [5, 5.41) is 10.7. The van der Waals surface area contributed by atoms with Gasteiger partial charge in [0.15, 0.2) is 9.84 Å². The summed E-state index contributed by atoms with van der Waals surface area (Å²) >= 11 is 0. The summed E-state index contributed by atoms with van der Waals surface area (Å²) in [5.74, 6) is -4.05. The molecule has 1 fully saturated rings. The minimum absolute atomic E-state index is 0.0193. The summed E-state index contributed by atoms with van der Waals surface area (Å²) in [7, 11) is -3.89. The third kappa shape index (κ3) is 4.66. The number of carboxylic acid groups (broad SMARTS) is 1. The maximum Gasteiger partial charge on any atom is 0.303 e. The van der Waals surface area contributed by atoms with E-state index in [1.54, 1.807) is 0 Å². The van der Waals surface area contributed by atoms with Crippen molar-refractivity contribution < 1.29 is 37.5 Å². The Labute approximate surface area is 178 Å². The summed E-state index contributed by atoms with van der Waals surface area (Å²) in [6, 6.07) is 2.80. The highest BCUT2D eigenvalue weighted by Crippen LogP contribution is 2.32. The number of unbranched alkanes of at least 4 members (excludes halogenated alkanes) is 3. The van der Waals surface area contributed by atoms with Gasteiger partial charge in [0.1, 0.15) is 6.04 Å². The first kappa shape index (κ1) is 22.6. The Morgan fingerprint density at radius 2 is 1.77 bits per heavy atom. The smallest absolute Gasteiger partial charge is 0.303 e. The Morgan fingerprint density at radius 3 is 2.45 bits per heavy atom. The lowest BCUT2D eigenvalue weighted by molar-refractivity contribution is -0.138. The molecule has 0 spiro atoms. The number of sulfone groups is 1. The van der Waals surface area contributed by atoms with Crippen LogP contribution >= 0.6 is 0 Å². The second kappa shape index (κ2) is 8.96. The number of carbonyl (C=O) groups is 5. The van der Waals surface area contributed by atoms with E-state index in [0.29, 0.717) is 19.3 Å². The zero-order valence-electron chi connectivity index (χ0n) is 16.6. The second-order valence-corrected chi connectivity index (χ2v) is 9.58. The van der Waals surface area contributed by atoms with Gasteiger partial charge in [0.2, 0.25) is 11.8 Å². The molecule has 1 saturated heterocycles. The molecule has 1 aromatic carbocycles. The van der Waals surface area contributed by atoms with Crippen LogP contribution in [-0.4, -0.2) is 59.8 Å². The monoisotopic (exact) mass is 450 g/mol. The number of benzene rings is 1. The Balaban J connectivity index is 1.77. The first-order valence-electron chi connectivity index (χ1n) is 9.92. The Kier molecular flexibility index (Phi) is 6.54. The largest absolute Gasteiger partial charge is 0.481 e. The molecule has 2 aliphatic rings. The van der Waals surface area contributed by atoms with Crippen LogP contribution in [0.25, 0.3) is 0 Å². The highest BCUT2D eigenvalue weighted by atomic mass is 32.2. The van der Waals surface area contributed by atoms with Gasteiger partial charge >= 0.3 is 5.97 Å². The molecule has 1 aromatic rings. The molecule has 1 unspecified atom stereocenters. The van der Waals surface area contributed by atoms with Crippen molar-refractivity contribution in [1.82, 2.24) is 10.2 Å². The lowest BCUT2D eigenvalue weighted by Crippen LogP contribution is -2.54. The van der Waals surface area contributed by atoms with Gasteiger partial charge in [-0.3, -0.25) is 34.2 Å². The number of hydrogen-bond donors (Lipinski definition) is 2. The van der Waals surface area contributed by atoms with Gasteiger partial charge in [-0.2, -0.15) is 0 Å². The van der Waals surface area contributed by atoms with E-state index >= 15 is 0 Å². The number of piperidine rings is 1. The number of aliphatic carboxylic acids is 1. The van der Waals surface area contributed by atoms with Gasteiger partial charge in [-0.05, 0) is 31.4 Å². The molecular weight excluding hydrogens is 428 g/mol. The van der Waals surface area contributed by atoms with E-state index in [1.807, 2.05) is 0 Å². The molecule has 4 amide bonds. The highest BCUT2D eigenvalue weighted by molar-refractivity contribution is 7.91. The van der Waals surface area contributed by atoms with Gasteiger partial charge in [0.25, 0.3) is 11.8 Å². The molecule has 0 aromatic heterocycles. The highest BCUT2D eigenvalue weighted by Gasteiger charge is 2.46. The van der Waals surface area contributed by atoms with E-state index in [9.17, 15) is 32.4 Å². The van der Waals surface area contributed by atoms with Crippen LogP contribution in [-0.2, 0) is 24.2 Å². The van der Waals surface area contributed by atoms with E-state index in [1.165, 1.54) is 18.2 Å². The van der Waals surface area contributed by atoms with Gasteiger partial charge in [0.05, 0.1) is 21.8 Å². The molecule has 2 N–H and O–H groups in total. The molecule has 1 atom stereocenters. The van der Waals surface area contributed by atoms with E-state index in [4.69, 9.17) is 5.11 Å². The molecule has 0 bridgehead atoms. The molecule has 11 heteroatoms. The van der Waals surface area contributed by atoms with Crippen LogP contribution in [0, 0.1) is 0 Å². The molecular formula is C20H22N2O8S. The standard InChI is InChI=1S/C20H22N2O8S/c23-15-10-9-13(18(26)21-15)22-19(27)12-6-5-7-14(17(12)20(22)28)31(29,30)11-4-2-1-3-8-16(24)25/h5-7,13H,1-4,8-11H2,(H,24,25)(H,21,23,26). The molecule has 166 valence electrons. The first-order chi connectivity index (χ1) is 14.6. The topological polar surface area (TPSA) is 155 Å². The van der Waals surface area contributed by atoms with Gasteiger partial charge in [-0.15, -0.1) is 0 Å². The lowest BCUT2D eigenvalue weighted by Gasteiger charge is -2.27. The maximum atomic E-state index is 13.0. The second-order valence-electron chi connectivity index (χ2n) is 7.50. The summed E-state index contributed by atoms with van der Waals surface area (Å²) < 4.78 is 25.8. The van der Waals surface area contributed by atoms with Crippen molar-refractivity contribution in [2.45, 2.75) is 55.9 Å². The van der Waals surface area contributed by atoms with E-state index in [-0.39, 0.29) is 47.5 Å². The van der Waals surface area contributed by atoms with Crippen molar-refractivity contribution in [3.05, 3.63) is 29.3 Å². The van der Waals surface area contributed by atoms with Crippen molar-refractivity contribution in [3.8, 4) is 0 Å². The quantitative estimate of drug-likeness (QED) is 0.415. The van der Waals surface area contributed by atoms with Gasteiger partial charge in [-0.25, -0.2) is 8.42 Å². The zero-order chi connectivity index (χ0) is 22.8. The molecule has 0 saturated carbocycles. The van der Waals surface area contributed by atoms with Crippen molar-refractivity contribution in [2.24, 2.45) is 0 Å². The van der Waals surface area contributed by atoms with E-state index in [2.05, 4.69) is 5.32 Å². The third-order valence-corrected chi connectivity index (χ3v) is 7.16. The Bertz CT molecular complexity index is 1060. The van der Waals surface area contributed by atoms with Crippen LogP contribution in [0.1, 0.15) is 65.7 Å². The summed E-state index contributed by atoms with van der Waals surface area (Å²) in [4.78, 5) is 60.3. The predicted octanol–water partition coefficient (Wildman–Crippen LogP) is 0.897. The fourth-order valence-corrected chi connectivity index (χ4v) is 5.37. The van der Waals surface area contributed by atoms with Crippen LogP contribution in [0.4, 0.5) is 0 Å². The van der Waals surface area contributed by atoms with Crippen molar-refractivity contribution in [2.75, 3.05) is 5.75 Å². The van der Waals surface area contributed by atoms with Crippen LogP contribution in [0.15, 0.2) is 23.1 Å². The molecule has 0 radical (unpaired) electrons. The number of carbonyl (C=O) groups excluding carboxylic acids is 4. The molecule has 0 aliphatic carbocycles. The molecule has 2 aliphatic heterocycles. The number of rotatable bonds is 9. The van der Waals surface area contributed by atoms with Crippen LogP contribution in [0.3, 0.4) is 0 Å². The normalized spacial score (nSPS) is 18.8. The maximum absolute atomic E-state index is 13.0. The van der Waals surface area contributed by atoms with E-state index < -0.39 is 45.5 Å². The first-order valence-corrected chi connectivity index (χ1v) is 11.6. The van der Waals surface area contributed by atoms with Gasteiger partial charge in [-0.1, -0.05) is 18.9 Å². The van der Waals surface area contributed by atoms with Crippen molar-refractivity contribution in [1.29, 1.82) is 0 Å². The molecule has 3 rings (SSSR count). The number of nitrogens with zero attached hydrogens (tertiary/aromatic N) is 1. The van der Waals surface area contributed by atoms with E-state index in [0.717, 1.165) is 4.90 Å². The number of carboxylic acids is 1. The van der Waals surface area contributed by atoms with Crippen LogP contribution < -0.4 is 5.32 Å². The summed E-state index contributed by atoms with van der Waals surface area (Å²) in [6.07, 6.45) is 1.78. The zero-order valence-corrected chi connectivity index (χ0v) is 17.4. The minimum Gasteiger partial charge on any atom is -0.481 e. The average molecular weight is 450 g/mol. The lowest BCUT2D eigenvalue weighted by atomic mass is 10.0. The summed E-state index contributed by atoms with van der Waals surface area (Å²) in [5.41, 5.74) is -0.333. The fraction of sp³-hybridized carbons (Fsp3) is 0.450.